The predicted octanol–water partition coefficient (Wildman–Crippen LogP) is 0.735. The number of aromatic hydroxyl groups is 1. The van der Waals surface area contributed by atoms with Crippen molar-refractivity contribution < 1.29 is 33.8 Å². The quantitative estimate of drug-likeness (QED) is 0.165. The largest absolute Gasteiger partial charge is 0.508 e. The fourth-order valence-electron chi connectivity index (χ4n) is 4.30. The molecular weight excluding hydrogens is 544 g/mol. The van der Waals surface area contributed by atoms with Gasteiger partial charge in [-0.1, -0.05) is 39.8 Å². The molecule has 6 N–H and O–H groups in total. The van der Waals surface area contributed by atoms with Crippen LogP contribution in [0.2, 0.25) is 0 Å². The van der Waals surface area contributed by atoms with Crippen LogP contribution < -0.4 is 21.3 Å². The highest BCUT2D eigenvalue weighted by molar-refractivity contribution is 5.95. The van der Waals surface area contributed by atoms with Gasteiger partial charge in [0.15, 0.2) is 0 Å². The molecule has 1 aromatic heterocycles. The summed E-state index contributed by atoms with van der Waals surface area (Å²) in [5.74, 6) is -3.13. The third-order valence-corrected chi connectivity index (χ3v) is 6.44. The van der Waals surface area contributed by atoms with E-state index in [4.69, 9.17) is 4.74 Å². The highest BCUT2D eigenvalue weighted by Crippen LogP contribution is 2.13. The smallest absolute Gasteiger partial charge is 0.328 e. The monoisotopic (exact) mass is 586 g/mol. The minimum atomic E-state index is -1.03. The predicted molar refractivity (Wildman–Crippen MR) is 154 cm³/mol. The van der Waals surface area contributed by atoms with E-state index in [0.29, 0.717) is 11.3 Å². The molecule has 42 heavy (non-hydrogen) atoms. The SMILES string of the molecule is COC(=O)[C@H](Cc1cnc[nH]1)NC(=O)[C@@H](NC(=O)[C@H](CC(C)C)NC(=O)[C@H](Cc1ccc(O)cc1)NC(C)=O)C(C)C. The molecule has 2 aromatic rings. The van der Waals surface area contributed by atoms with E-state index in [1.807, 2.05) is 13.8 Å². The number of hydrogen-bond acceptors (Lipinski definition) is 8. The van der Waals surface area contributed by atoms with Crippen LogP contribution in [0.15, 0.2) is 36.8 Å². The van der Waals surface area contributed by atoms with Crippen LogP contribution in [0.25, 0.3) is 0 Å². The van der Waals surface area contributed by atoms with E-state index in [1.165, 1.54) is 38.7 Å². The number of nitrogens with zero attached hydrogens (tertiary/aromatic N) is 1. The Bertz CT molecular complexity index is 1200. The van der Waals surface area contributed by atoms with Crippen LogP contribution in [0.3, 0.4) is 0 Å². The highest BCUT2D eigenvalue weighted by Gasteiger charge is 2.33. The van der Waals surface area contributed by atoms with Crippen molar-refractivity contribution in [3.8, 4) is 5.75 Å². The zero-order valence-corrected chi connectivity index (χ0v) is 24.9. The Morgan fingerprint density at radius 3 is 2.00 bits per heavy atom. The van der Waals surface area contributed by atoms with E-state index < -0.39 is 53.8 Å². The first-order valence-corrected chi connectivity index (χ1v) is 13.8. The first-order valence-electron chi connectivity index (χ1n) is 13.8. The number of methoxy groups -OCH3 is 1. The van der Waals surface area contributed by atoms with Crippen LogP contribution in [0.1, 0.15) is 52.3 Å². The van der Waals surface area contributed by atoms with E-state index >= 15 is 0 Å². The Morgan fingerprint density at radius 1 is 0.857 bits per heavy atom. The minimum Gasteiger partial charge on any atom is -0.508 e. The zero-order valence-electron chi connectivity index (χ0n) is 24.9. The zero-order chi connectivity index (χ0) is 31.4. The molecule has 1 aromatic carbocycles. The molecule has 13 heteroatoms. The number of aromatic nitrogens is 2. The summed E-state index contributed by atoms with van der Waals surface area (Å²) in [5, 5.41) is 20.3. The maximum atomic E-state index is 13.5. The second-order valence-corrected chi connectivity index (χ2v) is 10.9. The van der Waals surface area contributed by atoms with Crippen LogP contribution in [-0.2, 0) is 41.6 Å². The first kappa shape index (κ1) is 33.8. The molecular formula is C29H42N6O7. The van der Waals surface area contributed by atoms with Crippen molar-refractivity contribution in [2.24, 2.45) is 11.8 Å². The number of imidazole rings is 1. The summed E-state index contributed by atoms with van der Waals surface area (Å²) in [6.45, 7) is 8.55. The summed E-state index contributed by atoms with van der Waals surface area (Å²) < 4.78 is 4.84. The molecule has 0 saturated heterocycles. The van der Waals surface area contributed by atoms with Crippen LogP contribution in [0.4, 0.5) is 0 Å². The molecule has 0 unspecified atom stereocenters. The molecule has 0 aliphatic rings. The molecule has 2 rings (SSSR count). The van der Waals surface area contributed by atoms with Gasteiger partial charge in [0.25, 0.3) is 0 Å². The van der Waals surface area contributed by atoms with Gasteiger partial charge in [0.2, 0.25) is 23.6 Å². The molecule has 4 amide bonds. The van der Waals surface area contributed by atoms with Crippen LogP contribution in [0.5, 0.6) is 5.75 Å². The normalized spacial score (nSPS) is 13.9. The topological polar surface area (TPSA) is 192 Å². The molecule has 0 aliphatic carbocycles. The fourth-order valence-corrected chi connectivity index (χ4v) is 4.30. The van der Waals surface area contributed by atoms with Crippen molar-refractivity contribution >= 4 is 29.6 Å². The number of ether oxygens (including phenoxy) is 1. The third-order valence-electron chi connectivity index (χ3n) is 6.44. The first-order chi connectivity index (χ1) is 19.8. The van der Waals surface area contributed by atoms with Crippen molar-refractivity contribution in [2.75, 3.05) is 7.11 Å². The average molecular weight is 587 g/mol. The van der Waals surface area contributed by atoms with Gasteiger partial charge in [-0.3, -0.25) is 19.2 Å². The van der Waals surface area contributed by atoms with Crippen LogP contribution in [0, 0.1) is 11.8 Å². The molecule has 4 atom stereocenters. The lowest BCUT2D eigenvalue weighted by Crippen LogP contribution is -2.59. The molecule has 0 bridgehead atoms. The standard InChI is InChI=1S/C29H42N6O7/c1-16(2)11-22(33-26(38)23(32-18(5)36)12-19-7-9-21(37)10-8-19)27(39)35-25(17(3)4)28(40)34-24(29(41)42-6)13-20-14-30-15-31-20/h7-10,14-17,22-25,37H,11-13H2,1-6H3,(H,30,31)(H,32,36)(H,33,38)(H,34,40)(H,35,39)/t22-,23-,24-,25-/m0/s1. The summed E-state index contributed by atoms with van der Waals surface area (Å²) >= 11 is 0. The number of benzene rings is 1. The van der Waals surface area contributed by atoms with Gasteiger partial charge in [-0.2, -0.15) is 0 Å². The highest BCUT2D eigenvalue weighted by atomic mass is 16.5. The molecule has 0 fully saturated rings. The van der Waals surface area contributed by atoms with E-state index in [1.54, 1.807) is 26.0 Å². The number of phenolic OH excluding ortho intramolecular Hbond substituents is 1. The van der Waals surface area contributed by atoms with Gasteiger partial charge >= 0.3 is 5.97 Å². The summed E-state index contributed by atoms with van der Waals surface area (Å²) in [6.07, 6.45) is 3.48. The lowest BCUT2D eigenvalue weighted by Gasteiger charge is -2.28. The maximum Gasteiger partial charge on any atom is 0.328 e. The van der Waals surface area contributed by atoms with Gasteiger partial charge in [0.05, 0.1) is 13.4 Å². The van der Waals surface area contributed by atoms with Crippen molar-refractivity contribution in [3.63, 3.8) is 0 Å². The Hall–Kier alpha value is -4.42. The number of carbonyl (C=O) groups is 5. The third kappa shape index (κ3) is 10.9. The number of aromatic amines is 1. The second-order valence-electron chi connectivity index (χ2n) is 10.9. The van der Waals surface area contributed by atoms with Crippen molar-refractivity contribution in [1.82, 2.24) is 31.2 Å². The Balaban J connectivity index is 2.19. The summed E-state index contributed by atoms with van der Waals surface area (Å²) in [7, 11) is 1.21. The summed E-state index contributed by atoms with van der Waals surface area (Å²) in [4.78, 5) is 71.1. The number of rotatable bonds is 15. The lowest BCUT2D eigenvalue weighted by molar-refractivity contribution is -0.145. The van der Waals surface area contributed by atoms with Gasteiger partial charge in [-0.15, -0.1) is 0 Å². The van der Waals surface area contributed by atoms with Crippen LogP contribution >= 0.6 is 0 Å². The van der Waals surface area contributed by atoms with Gasteiger partial charge in [0.1, 0.15) is 29.9 Å². The van der Waals surface area contributed by atoms with E-state index in [-0.39, 0.29) is 36.8 Å². The van der Waals surface area contributed by atoms with Crippen LogP contribution in [-0.4, -0.2) is 75.9 Å². The van der Waals surface area contributed by atoms with Gasteiger partial charge in [-0.05, 0) is 36.0 Å². The number of carbonyl (C=O) groups excluding carboxylic acids is 5. The van der Waals surface area contributed by atoms with Crippen molar-refractivity contribution in [3.05, 3.63) is 48.0 Å². The van der Waals surface area contributed by atoms with E-state index in [9.17, 15) is 29.1 Å². The Labute approximate surface area is 245 Å². The van der Waals surface area contributed by atoms with Crippen molar-refractivity contribution in [1.29, 1.82) is 0 Å². The van der Waals surface area contributed by atoms with Crippen molar-refractivity contribution in [2.45, 2.75) is 78.0 Å². The fraction of sp³-hybridized carbons (Fsp3) is 0.517. The lowest BCUT2D eigenvalue weighted by atomic mass is 9.98. The molecule has 0 saturated carbocycles. The number of esters is 1. The molecule has 0 spiro atoms. The molecule has 230 valence electrons. The number of nitrogens with one attached hydrogen (secondary N) is 5. The minimum absolute atomic E-state index is 0.00167. The van der Waals surface area contributed by atoms with Gasteiger partial charge in [0, 0.05) is 31.7 Å². The molecule has 0 radical (unpaired) electrons. The molecule has 13 nitrogen and oxygen atoms in total. The number of phenols is 1. The molecule has 0 aliphatic heterocycles. The average Bonchev–Trinajstić information content (AvgIpc) is 3.43. The maximum absolute atomic E-state index is 13.5. The number of amides is 4. The van der Waals surface area contributed by atoms with E-state index in [0.717, 1.165) is 0 Å². The summed E-state index contributed by atoms with van der Waals surface area (Å²) in [6, 6.07) is 2.18. The molecule has 1 heterocycles. The summed E-state index contributed by atoms with van der Waals surface area (Å²) in [5.41, 5.74) is 1.30. The van der Waals surface area contributed by atoms with E-state index in [2.05, 4.69) is 31.2 Å². The Morgan fingerprint density at radius 2 is 1.48 bits per heavy atom. The Kier molecular flexibility index (Phi) is 13.0. The second kappa shape index (κ2) is 16.1. The number of hydrogen-bond donors (Lipinski definition) is 6. The van der Waals surface area contributed by atoms with Gasteiger partial charge < -0.3 is 36.1 Å². The number of H-pyrrole nitrogens is 1. The van der Waals surface area contributed by atoms with Gasteiger partial charge in [-0.25, -0.2) is 9.78 Å².